The zero-order valence-corrected chi connectivity index (χ0v) is 23.3. The molecule has 194 valence electrons. The molecule has 0 fully saturated rings. The van der Waals surface area contributed by atoms with Crippen molar-refractivity contribution in [2.75, 3.05) is 5.32 Å². The van der Waals surface area contributed by atoms with Crippen LogP contribution in [-0.4, -0.2) is 10.9 Å². The van der Waals surface area contributed by atoms with E-state index in [4.69, 9.17) is 11.6 Å². The van der Waals surface area contributed by atoms with E-state index in [2.05, 4.69) is 52.0 Å². The van der Waals surface area contributed by atoms with Gasteiger partial charge in [-0.2, -0.15) is 0 Å². The van der Waals surface area contributed by atoms with Crippen LogP contribution >= 0.6 is 18.9 Å². The Morgan fingerprint density at radius 3 is 1.56 bits per heavy atom. The van der Waals surface area contributed by atoms with Gasteiger partial charge in [-0.1, -0.05) is 84.4 Å². The SMILES string of the molecule is O=C(N/C(=C/Nc1ccc(Cl)cn1)[P+](c1ccccc1)(c1ccccc1)c1ccccc1)c1ccccc1.[Cl-]. The van der Waals surface area contributed by atoms with Crippen LogP contribution < -0.4 is 39.0 Å². The van der Waals surface area contributed by atoms with E-state index >= 15 is 0 Å². The van der Waals surface area contributed by atoms with Crippen molar-refractivity contribution in [1.29, 1.82) is 0 Å². The molecule has 0 spiro atoms. The highest BCUT2D eigenvalue weighted by Crippen LogP contribution is 2.61. The highest BCUT2D eigenvalue weighted by molar-refractivity contribution is 7.99. The summed E-state index contributed by atoms with van der Waals surface area (Å²) in [7, 11) is -2.57. The van der Waals surface area contributed by atoms with Crippen LogP contribution in [-0.2, 0) is 0 Å². The fraction of sp³-hybridized carbons (Fsp3) is 0. The van der Waals surface area contributed by atoms with Crippen LogP contribution in [0.3, 0.4) is 0 Å². The second-order valence-electron chi connectivity index (χ2n) is 8.53. The van der Waals surface area contributed by atoms with Gasteiger partial charge in [-0.25, -0.2) is 4.98 Å². The molecule has 0 bridgehead atoms. The summed E-state index contributed by atoms with van der Waals surface area (Å²) in [6.07, 6.45) is 3.46. The first kappa shape index (κ1) is 28.1. The summed E-state index contributed by atoms with van der Waals surface area (Å²) >= 11 is 6.07. The van der Waals surface area contributed by atoms with Crippen molar-refractivity contribution in [2.45, 2.75) is 0 Å². The molecule has 4 aromatic carbocycles. The molecule has 1 amide bonds. The van der Waals surface area contributed by atoms with Crippen LogP contribution in [0.15, 0.2) is 151 Å². The van der Waals surface area contributed by atoms with Gasteiger partial charge < -0.3 is 17.7 Å². The molecule has 5 aromatic rings. The van der Waals surface area contributed by atoms with Crippen LogP contribution in [0.4, 0.5) is 5.82 Å². The lowest BCUT2D eigenvalue weighted by molar-refractivity contribution is -0.0000155. The van der Waals surface area contributed by atoms with Gasteiger partial charge in [0.25, 0.3) is 5.91 Å². The summed E-state index contributed by atoms with van der Waals surface area (Å²) in [6, 6.07) is 43.9. The van der Waals surface area contributed by atoms with Crippen molar-refractivity contribution in [3.63, 3.8) is 0 Å². The van der Waals surface area contributed by atoms with Crippen LogP contribution in [0.2, 0.25) is 5.02 Å². The minimum absolute atomic E-state index is 0. The summed E-state index contributed by atoms with van der Waals surface area (Å²) in [5.41, 5.74) is 1.34. The van der Waals surface area contributed by atoms with E-state index in [1.807, 2.05) is 97.2 Å². The number of carbonyl (C=O) groups is 1. The predicted octanol–water partition coefficient (Wildman–Crippen LogP) is 3.37. The van der Waals surface area contributed by atoms with Crippen molar-refractivity contribution in [3.8, 4) is 0 Å². The molecule has 1 heterocycles. The van der Waals surface area contributed by atoms with Crippen LogP contribution in [0.5, 0.6) is 0 Å². The monoisotopic (exact) mass is 569 g/mol. The lowest BCUT2D eigenvalue weighted by Gasteiger charge is -2.29. The van der Waals surface area contributed by atoms with E-state index < -0.39 is 7.26 Å². The summed E-state index contributed by atoms with van der Waals surface area (Å²) in [5.74, 6) is 0.433. The number of hydrogen-bond donors (Lipinski definition) is 2. The molecule has 39 heavy (non-hydrogen) atoms. The minimum atomic E-state index is -2.57. The first-order chi connectivity index (χ1) is 18.7. The Labute approximate surface area is 240 Å². The number of amides is 1. The maximum atomic E-state index is 13.7. The molecular formula is C32H26Cl2N3OP. The summed E-state index contributed by atoms with van der Waals surface area (Å²) < 4.78 is 0. The lowest BCUT2D eigenvalue weighted by atomic mass is 10.2. The molecule has 1 aromatic heterocycles. The van der Waals surface area contributed by atoms with Gasteiger partial charge >= 0.3 is 0 Å². The molecule has 5 rings (SSSR count). The number of nitrogens with zero attached hydrogens (tertiary/aromatic N) is 1. The van der Waals surface area contributed by atoms with Gasteiger partial charge in [-0.3, -0.25) is 10.1 Å². The Balaban J connectivity index is 0.00000353. The summed E-state index contributed by atoms with van der Waals surface area (Å²) in [5, 5.41) is 10.5. The third kappa shape index (κ3) is 6.21. The van der Waals surface area contributed by atoms with Crippen molar-refractivity contribution in [3.05, 3.63) is 162 Å². The smallest absolute Gasteiger partial charge is 0.258 e. The largest absolute Gasteiger partial charge is 1.00 e. The first-order valence-corrected chi connectivity index (χ1v) is 14.4. The number of pyridine rings is 1. The van der Waals surface area contributed by atoms with E-state index in [0.29, 0.717) is 16.4 Å². The van der Waals surface area contributed by atoms with E-state index in [1.54, 1.807) is 12.3 Å². The molecule has 0 unspecified atom stereocenters. The highest BCUT2D eigenvalue weighted by Gasteiger charge is 2.50. The average molecular weight is 570 g/mol. The predicted molar refractivity (Wildman–Crippen MR) is 160 cm³/mol. The van der Waals surface area contributed by atoms with Crippen molar-refractivity contribution in [2.24, 2.45) is 0 Å². The molecule has 7 heteroatoms. The van der Waals surface area contributed by atoms with E-state index in [-0.39, 0.29) is 18.3 Å². The van der Waals surface area contributed by atoms with Gasteiger partial charge in [0.2, 0.25) is 0 Å². The van der Waals surface area contributed by atoms with Crippen molar-refractivity contribution >= 4 is 46.5 Å². The second-order valence-corrected chi connectivity index (χ2v) is 12.3. The molecule has 0 aliphatic heterocycles. The molecule has 0 saturated heterocycles. The Hall–Kier alpha value is -3.95. The lowest BCUT2D eigenvalue weighted by Crippen LogP contribution is -3.00. The van der Waals surface area contributed by atoms with Gasteiger partial charge in [0.15, 0.2) is 12.7 Å². The van der Waals surface area contributed by atoms with E-state index in [1.165, 1.54) is 0 Å². The normalized spacial score (nSPS) is 11.3. The van der Waals surface area contributed by atoms with Gasteiger partial charge in [-0.15, -0.1) is 0 Å². The molecule has 0 aliphatic rings. The number of aromatic nitrogens is 1. The zero-order chi connectivity index (χ0) is 26.2. The van der Waals surface area contributed by atoms with Crippen LogP contribution in [0.1, 0.15) is 10.4 Å². The number of rotatable bonds is 8. The van der Waals surface area contributed by atoms with Crippen molar-refractivity contribution in [1.82, 2.24) is 10.3 Å². The van der Waals surface area contributed by atoms with Gasteiger partial charge in [0.05, 0.1) is 11.2 Å². The maximum Gasteiger partial charge on any atom is 0.258 e. The standard InChI is InChI=1S/C32H25ClN3OP.ClH/c33-26-21-22-30(34-23-26)35-24-31(36-32(37)25-13-5-1-6-14-25)38(27-15-7-2-8-16-27,28-17-9-3-10-18-28)29-19-11-4-12-20-29;/h1-24H,(H-,34,35,36,37);1H/b31-24-;. The Morgan fingerprint density at radius 2 is 1.13 bits per heavy atom. The van der Waals surface area contributed by atoms with E-state index in [9.17, 15) is 4.79 Å². The Morgan fingerprint density at radius 1 is 0.667 bits per heavy atom. The third-order valence-corrected chi connectivity index (χ3v) is 10.6. The zero-order valence-electron chi connectivity index (χ0n) is 20.9. The van der Waals surface area contributed by atoms with Crippen molar-refractivity contribution < 1.29 is 17.2 Å². The number of nitrogens with one attached hydrogen (secondary N) is 2. The average Bonchev–Trinajstić information content (AvgIpc) is 2.99. The quantitative estimate of drug-likeness (QED) is 0.282. The molecule has 0 radical (unpaired) electrons. The summed E-state index contributed by atoms with van der Waals surface area (Å²) in [4.78, 5) is 18.1. The molecule has 0 atom stereocenters. The second kappa shape index (κ2) is 13.2. The van der Waals surface area contributed by atoms with Crippen LogP contribution in [0.25, 0.3) is 0 Å². The highest BCUT2D eigenvalue weighted by atomic mass is 35.5. The third-order valence-electron chi connectivity index (χ3n) is 6.15. The first-order valence-electron chi connectivity index (χ1n) is 12.2. The molecule has 4 nitrogen and oxygen atoms in total. The Kier molecular flexibility index (Phi) is 9.51. The topological polar surface area (TPSA) is 54.0 Å². The Bertz CT molecular complexity index is 1420. The van der Waals surface area contributed by atoms with Gasteiger partial charge in [0, 0.05) is 11.8 Å². The molecule has 0 aliphatic carbocycles. The minimum Gasteiger partial charge on any atom is -1.00 e. The fourth-order valence-electron chi connectivity index (χ4n) is 4.42. The number of hydrogen-bond acceptors (Lipinski definition) is 3. The number of halogens is 2. The molecule has 2 N–H and O–H groups in total. The van der Waals surface area contributed by atoms with Crippen LogP contribution in [0, 0.1) is 0 Å². The number of anilines is 1. The maximum absolute atomic E-state index is 13.7. The fourth-order valence-corrected chi connectivity index (χ4v) is 8.64. The van der Waals surface area contributed by atoms with E-state index in [0.717, 1.165) is 21.4 Å². The molecule has 0 saturated carbocycles. The van der Waals surface area contributed by atoms with Gasteiger partial charge in [0.1, 0.15) is 21.7 Å². The number of carbonyl (C=O) groups excluding carboxylic acids is 1. The summed E-state index contributed by atoms with van der Waals surface area (Å²) in [6.45, 7) is 0. The molecular weight excluding hydrogens is 544 g/mol. The van der Waals surface area contributed by atoms with Gasteiger partial charge in [-0.05, 0) is 60.7 Å². The number of benzene rings is 4.